The Morgan fingerprint density at radius 1 is 1.44 bits per heavy atom. The van der Waals surface area contributed by atoms with Crippen LogP contribution >= 0.6 is 11.6 Å². The quantitative estimate of drug-likeness (QED) is 0.725. The van der Waals surface area contributed by atoms with Gasteiger partial charge in [-0.2, -0.15) is 0 Å². The number of pyridine rings is 1. The first-order valence-electron chi connectivity index (χ1n) is 6.22. The van der Waals surface area contributed by atoms with E-state index in [1.807, 2.05) is 6.20 Å². The second-order valence-corrected chi connectivity index (χ2v) is 5.68. The number of rotatable bonds is 3. The summed E-state index contributed by atoms with van der Waals surface area (Å²) in [4.78, 5) is 4.43. The van der Waals surface area contributed by atoms with Crippen LogP contribution in [-0.2, 0) is 6.42 Å². The highest BCUT2D eigenvalue weighted by molar-refractivity contribution is 6.20. The molecule has 3 atom stereocenters. The Bertz CT molecular complexity index is 333. The molecule has 1 aromatic rings. The molecule has 0 N–H and O–H groups in total. The van der Waals surface area contributed by atoms with Crippen LogP contribution in [0.4, 0.5) is 0 Å². The molecule has 0 aliphatic heterocycles. The van der Waals surface area contributed by atoms with Crippen molar-refractivity contribution < 1.29 is 0 Å². The summed E-state index contributed by atoms with van der Waals surface area (Å²) < 4.78 is 0. The van der Waals surface area contributed by atoms with Crippen LogP contribution < -0.4 is 0 Å². The van der Waals surface area contributed by atoms with E-state index >= 15 is 0 Å². The minimum Gasteiger partial charge on any atom is -0.261 e. The number of halogens is 1. The second kappa shape index (κ2) is 5.18. The van der Waals surface area contributed by atoms with E-state index in [1.54, 1.807) is 0 Å². The van der Waals surface area contributed by atoms with Crippen molar-refractivity contribution in [1.29, 1.82) is 0 Å². The highest BCUT2D eigenvalue weighted by atomic mass is 35.5. The maximum atomic E-state index is 6.52. The van der Waals surface area contributed by atoms with Crippen LogP contribution in [0.2, 0.25) is 0 Å². The molecule has 2 rings (SSSR count). The van der Waals surface area contributed by atoms with E-state index in [4.69, 9.17) is 11.6 Å². The fraction of sp³-hybridized carbons (Fsp3) is 0.643. The Morgan fingerprint density at radius 3 is 2.81 bits per heavy atom. The molecule has 1 saturated carbocycles. The van der Waals surface area contributed by atoms with Gasteiger partial charge in [0.1, 0.15) is 0 Å². The van der Waals surface area contributed by atoms with Gasteiger partial charge in [-0.3, -0.25) is 4.98 Å². The summed E-state index contributed by atoms with van der Waals surface area (Å²) in [5.74, 6) is 1.47. The van der Waals surface area contributed by atoms with E-state index in [9.17, 15) is 0 Å². The smallest absolute Gasteiger partial charge is 0.0422 e. The van der Waals surface area contributed by atoms with E-state index < -0.39 is 0 Å². The van der Waals surface area contributed by atoms with E-state index in [2.05, 4.69) is 31.0 Å². The lowest BCUT2D eigenvalue weighted by atomic mass is 9.92. The Hall–Kier alpha value is -0.560. The average molecular weight is 238 g/mol. The second-order valence-electron chi connectivity index (χ2n) is 5.12. The lowest BCUT2D eigenvalue weighted by molar-refractivity contribution is 0.397. The first-order valence-corrected chi connectivity index (χ1v) is 6.66. The van der Waals surface area contributed by atoms with E-state index in [1.165, 1.54) is 24.8 Å². The lowest BCUT2D eigenvalue weighted by Gasteiger charge is -2.21. The van der Waals surface area contributed by atoms with Crippen molar-refractivity contribution in [1.82, 2.24) is 4.98 Å². The van der Waals surface area contributed by atoms with E-state index in [0.29, 0.717) is 5.92 Å². The molecule has 0 radical (unpaired) electrons. The molecule has 3 unspecified atom stereocenters. The Kier molecular flexibility index (Phi) is 3.86. The van der Waals surface area contributed by atoms with Crippen molar-refractivity contribution in [2.24, 2.45) is 11.8 Å². The average Bonchev–Trinajstić information content (AvgIpc) is 2.68. The summed E-state index contributed by atoms with van der Waals surface area (Å²) >= 11 is 6.52. The standard InChI is InChI=1S/C14H20ClN/c1-10-6-7-12(16-9-10)8-14(15)13-5-3-4-11(13)2/h6-7,9,11,13-14H,3-5,8H2,1-2H3. The SMILES string of the molecule is Cc1ccc(CC(Cl)C2CCCC2C)nc1. The first-order chi connectivity index (χ1) is 7.66. The summed E-state index contributed by atoms with van der Waals surface area (Å²) in [6.07, 6.45) is 6.82. The molecule has 1 aliphatic rings. The van der Waals surface area contributed by atoms with Crippen molar-refractivity contribution in [3.8, 4) is 0 Å². The topological polar surface area (TPSA) is 12.9 Å². The third-order valence-electron chi connectivity index (χ3n) is 3.77. The maximum Gasteiger partial charge on any atom is 0.0422 e. The highest BCUT2D eigenvalue weighted by Crippen LogP contribution is 2.36. The van der Waals surface area contributed by atoms with Gasteiger partial charge in [0.05, 0.1) is 0 Å². The normalized spacial score (nSPS) is 26.9. The largest absolute Gasteiger partial charge is 0.261 e. The van der Waals surface area contributed by atoms with Gasteiger partial charge in [-0.15, -0.1) is 11.6 Å². The third-order valence-corrected chi connectivity index (χ3v) is 4.25. The molecular weight excluding hydrogens is 218 g/mol. The van der Waals surface area contributed by atoms with Gasteiger partial charge >= 0.3 is 0 Å². The zero-order valence-electron chi connectivity index (χ0n) is 10.1. The number of hydrogen-bond donors (Lipinski definition) is 0. The van der Waals surface area contributed by atoms with Crippen LogP contribution in [0.5, 0.6) is 0 Å². The molecule has 1 heterocycles. The van der Waals surface area contributed by atoms with Crippen molar-refractivity contribution in [3.63, 3.8) is 0 Å². The van der Waals surface area contributed by atoms with Crippen LogP contribution in [0.1, 0.15) is 37.4 Å². The summed E-state index contributed by atoms with van der Waals surface area (Å²) in [6.45, 7) is 4.39. The van der Waals surface area contributed by atoms with Gasteiger partial charge in [0.2, 0.25) is 0 Å². The summed E-state index contributed by atoms with van der Waals surface area (Å²) in [6, 6.07) is 4.22. The molecule has 1 nitrogen and oxygen atoms in total. The molecule has 0 spiro atoms. The Labute approximate surface area is 103 Å². The minimum absolute atomic E-state index is 0.257. The van der Waals surface area contributed by atoms with Gasteiger partial charge in [-0.1, -0.05) is 25.8 Å². The fourth-order valence-corrected chi connectivity index (χ4v) is 3.21. The molecule has 0 aromatic carbocycles. The van der Waals surface area contributed by atoms with Gasteiger partial charge in [-0.25, -0.2) is 0 Å². The number of alkyl halides is 1. The maximum absolute atomic E-state index is 6.52. The fourth-order valence-electron chi connectivity index (χ4n) is 2.68. The van der Waals surface area contributed by atoms with E-state index in [-0.39, 0.29) is 5.38 Å². The summed E-state index contributed by atoms with van der Waals surface area (Å²) in [7, 11) is 0. The van der Waals surface area contributed by atoms with Gasteiger partial charge in [-0.05, 0) is 36.8 Å². The van der Waals surface area contributed by atoms with Gasteiger partial charge in [0.25, 0.3) is 0 Å². The minimum atomic E-state index is 0.257. The molecule has 88 valence electrons. The Balaban J connectivity index is 1.96. The lowest BCUT2D eigenvalue weighted by Crippen LogP contribution is -2.20. The van der Waals surface area contributed by atoms with Crippen LogP contribution in [0, 0.1) is 18.8 Å². The van der Waals surface area contributed by atoms with E-state index in [0.717, 1.165) is 18.0 Å². The van der Waals surface area contributed by atoms with Crippen LogP contribution in [0.15, 0.2) is 18.3 Å². The first kappa shape index (κ1) is 11.9. The van der Waals surface area contributed by atoms with Crippen molar-refractivity contribution in [2.75, 3.05) is 0 Å². The predicted molar refractivity (Wildman–Crippen MR) is 68.8 cm³/mol. The van der Waals surface area contributed by atoms with Gasteiger partial charge in [0.15, 0.2) is 0 Å². The molecule has 1 aliphatic carbocycles. The molecular formula is C14H20ClN. The summed E-state index contributed by atoms with van der Waals surface area (Å²) in [5.41, 5.74) is 2.34. The molecule has 0 bridgehead atoms. The number of aryl methyl sites for hydroxylation is 1. The van der Waals surface area contributed by atoms with Gasteiger partial charge in [0, 0.05) is 23.7 Å². The van der Waals surface area contributed by atoms with Crippen molar-refractivity contribution >= 4 is 11.6 Å². The highest BCUT2D eigenvalue weighted by Gasteiger charge is 2.29. The van der Waals surface area contributed by atoms with Crippen molar-refractivity contribution in [2.45, 2.75) is 44.9 Å². The van der Waals surface area contributed by atoms with Crippen LogP contribution in [-0.4, -0.2) is 10.4 Å². The van der Waals surface area contributed by atoms with Crippen LogP contribution in [0.25, 0.3) is 0 Å². The monoisotopic (exact) mass is 237 g/mol. The zero-order chi connectivity index (χ0) is 11.5. The summed E-state index contributed by atoms with van der Waals surface area (Å²) in [5, 5.41) is 0.257. The molecule has 0 saturated heterocycles. The molecule has 1 fully saturated rings. The van der Waals surface area contributed by atoms with Crippen LogP contribution in [0.3, 0.4) is 0 Å². The molecule has 16 heavy (non-hydrogen) atoms. The zero-order valence-corrected chi connectivity index (χ0v) is 10.9. The Morgan fingerprint density at radius 2 is 2.25 bits per heavy atom. The number of aromatic nitrogens is 1. The van der Waals surface area contributed by atoms with Gasteiger partial charge < -0.3 is 0 Å². The van der Waals surface area contributed by atoms with Crippen molar-refractivity contribution in [3.05, 3.63) is 29.6 Å². The molecule has 1 aromatic heterocycles. The number of hydrogen-bond acceptors (Lipinski definition) is 1. The number of nitrogens with zero attached hydrogens (tertiary/aromatic N) is 1. The predicted octanol–water partition coefficient (Wildman–Crippen LogP) is 3.98. The third kappa shape index (κ3) is 2.76. The molecule has 2 heteroatoms. The molecule has 0 amide bonds.